The predicted octanol–water partition coefficient (Wildman–Crippen LogP) is 3.13. The number of hydrogen-bond donors (Lipinski definition) is 1. The summed E-state index contributed by atoms with van der Waals surface area (Å²) in [5.74, 6) is 1.75. The number of nitrogens with zero attached hydrogens (tertiary/aromatic N) is 4. The van der Waals surface area contributed by atoms with E-state index in [9.17, 15) is 14.4 Å². The molecule has 12 nitrogen and oxygen atoms in total. The van der Waals surface area contributed by atoms with Crippen LogP contribution in [0.1, 0.15) is 18.4 Å². The number of aryl methyl sites for hydroxylation is 1. The molecular weight excluding hydrogens is 590 g/mol. The molecule has 0 bridgehead atoms. The maximum Gasteiger partial charge on any atom is 0.267 e. The third-order valence-corrected chi connectivity index (χ3v) is 8.57. The van der Waals surface area contributed by atoms with Crippen LogP contribution in [0.5, 0.6) is 23.1 Å². The second-order valence-corrected chi connectivity index (χ2v) is 11.4. The quantitative estimate of drug-likeness (QED) is 0.277. The second kappa shape index (κ2) is 13.1. The number of benzene rings is 2. The van der Waals surface area contributed by atoms with Crippen molar-refractivity contribution in [3.63, 3.8) is 0 Å². The standard InChI is InChI=1S/C34H37N5O7/c1-37-19-26(24-17-32(45-4)35-18-25(24)34(37)42)21-14-29(43-2)27(30(15-21)44-3)20-38-10-12-39(13-11-38)22-6-5-7-23(16-22)46-28-8-9-31(40)36-33(28)41/h5-7,14-19,28H,8-13,20H2,1-4H3,(H,36,40,41). The molecular formula is C34H37N5O7. The van der Waals surface area contributed by atoms with E-state index in [1.54, 1.807) is 45.2 Å². The van der Waals surface area contributed by atoms with E-state index in [0.717, 1.165) is 53.9 Å². The van der Waals surface area contributed by atoms with Gasteiger partial charge in [-0.25, -0.2) is 4.98 Å². The van der Waals surface area contributed by atoms with Crippen molar-refractivity contribution in [2.45, 2.75) is 25.5 Å². The van der Waals surface area contributed by atoms with Crippen molar-refractivity contribution in [3.05, 3.63) is 70.8 Å². The highest BCUT2D eigenvalue weighted by atomic mass is 16.5. The van der Waals surface area contributed by atoms with Crippen LogP contribution >= 0.6 is 0 Å². The molecule has 1 atom stereocenters. The Balaban J connectivity index is 1.19. The molecule has 12 heteroatoms. The van der Waals surface area contributed by atoms with Crippen LogP contribution < -0.4 is 34.7 Å². The molecule has 2 aliphatic heterocycles. The van der Waals surface area contributed by atoms with Crippen LogP contribution in [0.15, 0.2) is 59.7 Å². The fraction of sp³-hybridized carbons (Fsp3) is 0.353. The monoisotopic (exact) mass is 627 g/mol. The Kier molecular flexibility index (Phi) is 8.80. The average molecular weight is 628 g/mol. The summed E-state index contributed by atoms with van der Waals surface area (Å²) in [5.41, 5.74) is 3.49. The number of pyridine rings is 2. The first-order valence-electron chi connectivity index (χ1n) is 15.1. The fourth-order valence-electron chi connectivity index (χ4n) is 6.07. The van der Waals surface area contributed by atoms with Gasteiger partial charge < -0.3 is 28.4 Å². The van der Waals surface area contributed by atoms with E-state index >= 15 is 0 Å². The summed E-state index contributed by atoms with van der Waals surface area (Å²) >= 11 is 0. The van der Waals surface area contributed by atoms with Crippen molar-refractivity contribution in [2.24, 2.45) is 7.05 Å². The number of piperazine rings is 1. The summed E-state index contributed by atoms with van der Waals surface area (Å²) in [7, 11) is 6.57. The molecule has 2 aromatic heterocycles. The summed E-state index contributed by atoms with van der Waals surface area (Å²) in [6.45, 7) is 3.84. The molecule has 2 saturated heterocycles. The SMILES string of the molecule is COc1cc2c(-c3cc(OC)c(CN4CCN(c5cccc(OC6CCC(=O)NC6=O)c5)CC4)c(OC)c3)cn(C)c(=O)c2cn1. The molecule has 2 aliphatic rings. The third kappa shape index (κ3) is 6.20. The van der Waals surface area contributed by atoms with E-state index in [4.69, 9.17) is 18.9 Å². The van der Waals surface area contributed by atoms with E-state index in [-0.39, 0.29) is 17.9 Å². The number of anilines is 1. The fourth-order valence-corrected chi connectivity index (χ4v) is 6.07. The zero-order valence-corrected chi connectivity index (χ0v) is 26.4. The Morgan fingerprint density at radius 3 is 2.33 bits per heavy atom. The van der Waals surface area contributed by atoms with Crippen LogP contribution in [0.25, 0.3) is 21.9 Å². The number of carbonyl (C=O) groups is 2. The predicted molar refractivity (Wildman–Crippen MR) is 173 cm³/mol. The molecule has 6 rings (SSSR count). The molecule has 0 aliphatic carbocycles. The van der Waals surface area contributed by atoms with Gasteiger partial charge in [0.15, 0.2) is 6.10 Å². The number of nitrogens with one attached hydrogen (secondary N) is 1. The molecule has 46 heavy (non-hydrogen) atoms. The first-order valence-corrected chi connectivity index (χ1v) is 15.1. The normalized spacial score (nSPS) is 17.1. The Morgan fingerprint density at radius 1 is 0.913 bits per heavy atom. The van der Waals surface area contributed by atoms with Crippen LogP contribution in [0.3, 0.4) is 0 Å². The average Bonchev–Trinajstić information content (AvgIpc) is 3.08. The topological polar surface area (TPSA) is 124 Å². The van der Waals surface area contributed by atoms with Gasteiger partial charge in [-0.3, -0.25) is 24.6 Å². The highest BCUT2D eigenvalue weighted by Crippen LogP contribution is 2.38. The largest absolute Gasteiger partial charge is 0.496 e. The van der Waals surface area contributed by atoms with Crippen LogP contribution in [0.4, 0.5) is 5.69 Å². The van der Waals surface area contributed by atoms with Crippen molar-refractivity contribution in [3.8, 4) is 34.3 Å². The van der Waals surface area contributed by atoms with Crippen LogP contribution in [0.2, 0.25) is 0 Å². The Bertz CT molecular complexity index is 1820. The molecule has 4 heterocycles. The Hall–Kier alpha value is -5.10. The van der Waals surface area contributed by atoms with E-state index in [1.807, 2.05) is 42.6 Å². The van der Waals surface area contributed by atoms with Gasteiger partial charge in [0.2, 0.25) is 11.8 Å². The second-order valence-electron chi connectivity index (χ2n) is 11.4. The number of imide groups is 1. The van der Waals surface area contributed by atoms with Gasteiger partial charge in [-0.15, -0.1) is 0 Å². The van der Waals surface area contributed by atoms with Crippen molar-refractivity contribution in [1.29, 1.82) is 0 Å². The van der Waals surface area contributed by atoms with E-state index < -0.39 is 12.0 Å². The molecule has 240 valence electrons. The van der Waals surface area contributed by atoms with Crippen molar-refractivity contribution in [1.82, 2.24) is 19.8 Å². The van der Waals surface area contributed by atoms with Crippen molar-refractivity contribution in [2.75, 3.05) is 52.4 Å². The van der Waals surface area contributed by atoms with Crippen molar-refractivity contribution >= 4 is 28.3 Å². The molecule has 1 unspecified atom stereocenters. The Labute approximate surface area is 266 Å². The summed E-state index contributed by atoms with van der Waals surface area (Å²) in [6.07, 6.45) is 3.32. The van der Waals surface area contributed by atoms with Crippen molar-refractivity contribution < 1.29 is 28.5 Å². The molecule has 0 radical (unpaired) electrons. The minimum absolute atomic E-state index is 0.142. The molecule has 0 spiro atoms. The summed E-state index contributed by atoms with van der Waals surface area (Å²) < 4.78 is 24.6. The number of methoxy groups -OCH3 is 3. The molecule has 2 aromatic carbocycles. The maximum atomic E-state index is 12.9. The molecule has 0 saturated carbocycles. The third-order valence-electron chi connectivity index (χ3n) is 8.57. The number of hydrogen-bond acceptors (Lipinski definition) is 10. The van der Waals surface area contributed by atoms with Crippen LogP contribution in [-0.2, 0) is 23.2 Å². The van der Waals surface area contributed by atoms with Gasteiger partial charge in [0.25, 0.3) is 11.5 Å². The lowest BCUT2D eigenvalue weighted by Gasteiger charge is -2.36. The van der Waals surface area contributed by atoms with E-state index in [2.05, 4.69) is 20.1 Å². The van der Waals surface area contributed by atoms with Crippen LogP contribution in [0, 0.1) is 0 Å². The molecule has 4 aromatic rings. The summed E-state index contributed by atoms with van der Waals surface area (Å²) in [4.78, 5) is 45.4. The summed E-state index contributed by atoms with van der Waals surface area (Å²) in [5, 5.41) is 3.56. The first-order chi connectivity index (χ1) is 22.3. The lowest BCUT2D eigenvalue weighted by Crippen LogP contribution is -2.46. The minimum atomic E-state index is -0.673. The number of rotatable bonds is 9. The van der Waals surface area contributed by atoms with Gasteiger partial charge in [0.1, 0.15) is 17.2 Å². The molecule has 2 amide bonds. The zero-order chi connectivity index (χ0) is 32.4. The highest BCUT2D eigenvalue weighted by molar-refractivity contribution is 6.00. The lowest BCUT2D eigenvalue weighted by molar-refractivity contribution is -0.138. The van der Waals surface area contributed by atoms with Gasteiger partial charge in [0.05, 0.1) is 32.3 Å². The first kappa shape index (κ1) is 30.9. The smallest absolute Gasteiger partial charge is 0.267 e. The number of piperidine rings is 1. The number of carbonyl (C=O) groups excluding carboxylic acids is 2. The van der Waals surface area contributed by atoms with Gasteiger partial charge in [-0.1, -0.05) is 6.07 Å². The number of fused-ring (bicyclic) bond motifs is 1. The zero-order valence-electron chi connectivity index (χ0n) is 26.4. The minimum Gasteiger partial charge on any atom is -0.496 e. The van der Waals surface area contributed by atoms with Gasteiger partial charge in [0, 0.05) is 93.8 Å². The van der Waals surface area contributed by atoms with Gasteiger partial charge in [-0.05, 0) is 29.8 Å². The van der Waals surface area contributed by atoms with Gasteiger partial charge >= 0.3 is 0 Å². The molecule has 2 fully saturated rings. The Morgan fingerprint density at radius 2 is 1.65 bits per heavy atom. The molecule has 1 N–H and O–H groups in total. The number of amides is 2. The number of ether oxygens (including phenoxy) is 4. The van der Waals surface area contributed by atoms with Crippen LogP contribution in [-0.4, -0.2) is 79.9 Å². The number of aromatic nitrogens is 2. The highest BCUT2D eigenvalue weighted by Gasteiger charge is 2.28. The van der Waals surface area contributed by atoms with Gasteiger partial charge in [-0.2, -0.15) is 0 Å². The van der Waals surface area contributed by atoms with E-state index in [0.29, 0.717) is 41.5 Å². The summed E-state index contributed by atoms with van der Waals surface area (Å²) in [6, 6.07) is 13.5. The lowest BCUT2D eigenvalue weighted by atomic mass is 9.98. The maximum absolute atomic E-state index is 12.9. The van der Waals surface area contributed by atoms with E-state index in [1.165, 1.54) is 0 Å².